The number of pyridine rings is 1. The molecule has 238 valence electrons. The van der Waals surface area contributed by atoms with Gasteiger partial charge in [-0.3, -0.25) is 9.59 Å². The first kappa shape index (κ1) is 30.8. The average molecular weight is 630 g/mol. The summed E-state index contributed by atoms with van der Waals surface area (Å²) in [6, 6.07) is 11.8. The Kier molecular flexibility index (Phi) is 8.71. The van der Waals surface area contributed by atoms with Crippen LogP contribution in [0.2, 0.25) is 0 Å². The van der Waals surface area contributed by atoms with E-state index in [1.807, 2.05) is 18.2 Å². The van der Waals surface area contributed by atoms with Crippen LogP contribution in [0.4, 0.5) is 37.3 Å². The van der Waals surface area contributed by atoms with Gasteiger partial charge in [-0.05, 0) is 49.2 Å². The summed E-state index contributed by atoms with van der Waals surface area (Å²) in [7, 11) is 2.46. The SMILES string of the molecule is C=CC(=O)Nc1cc(N2CCOCC2)ccc1Nc1cc2c(NC3CC3)c(C(=O)c3c(F)c(OC)cc(OC)c3F)ccc2cn1. The maximum atomic E-state index is 15.4. The van der Waals surface area contributed by atoms with E-state index in [9.17, 15) is 9.59 Å². The molecule has 2 heterocycles. The highest BCUT2D eigenvalue weighted by molar-refractivity contribution is 6.17. The molecule has 0 radical (unpaired) electrons. The second-order valence-electron chi connectivity index (χ2n) is 11.0. The third-order valence-corrected chi connectivity index (χ3v) is 7.96. The molecule has 2 fully saturated rings. The molecular weight excluding hydrogens is 596 g/mol. The molecule has 3 aromatic carbocycles. The molecule has 0 bridgehead atoms. The predicted molar refractivity (Wildman–Crippen MR) is 173 cm³/mol. The van der Waals surface area contributed by atoms with Crippen LogP contribution < -0.4 is 30.3 Å². The highest BCUT2D eigenvalue weighted by Crippen LogP contribution is 2.39. The number of aromatic nitrogens is 1. The van der Waals surface area contributed by atoms with Gasteiger partial charge in [0.1, 0.15) is 11.4 Å². The van der Waals surface area contributed by atoms with Crippen molar-refractivity contribution in [3.05, 3.63) is 84.1 Å². The van der Waals surface area contributed by atoms with Gasteiger partial charge in [0, 0.05) is 53.4 Å². The number of nitrogens with one attached hydrogen (secondary N) is 3. The second kappa shape index (κ2) is 13.0. The maximum Gasteiger partial charge on any atom is 0.247 e. The van der Waals surface area contributed by atoms with Crippen LogP contribution in [0.3, 0.4) is 0 Å². The highest BCUT2D eigenvalue weighted by atomic mass is 19.1. The Labute approximate surface area is 264 Å². The largest absolute Gasteiger partial charge is 0.494 e. The van der Waals surface area contributed by atoms with Crippen molar-refractivity contribution in [2.24, 2.45) is 0 Å². The van der Waals surface area contributed by atoms with Crippen molar-refractivity contribution in [3.8, 4) is 11.5 Å². The van der Waals surface area contributed by atoms with Crippen LogP contribution in [-0.4, -0.2) is 63.2 Å². The van der Waals surface area contributed by atoms with E-state index in [0.29, 0.717) is 46.9 Å². The van der Waals surface area contributed by atoms with Gasteiger partial charge in [0.2, 0.25) is 11.7 Å². The molecule has 0 unspecified atom stereocenters. The molecule has 1 amide bonds. The second-order valence-corrected chi connectivity index (χ2v) is 11.0. The van der Waals surface area contributed by atoms with Crippen molar-refractivity contribution in [2.45, 2.75) is 18.9 Å². The summed E-state index contributed by atoms with van der Waals surface area (Å²) in [5.41, 5.74) is 1.76. The molecule has 0 spiro atoms. The minimum absolute atomic E-state index is 0.0819. The van der Waals surface area contributed by atoms with Crippen molar-refractivity contribution in [3.63, 3.8) is 0 Å². The van der Waals surface area contributed by atoms with Gasteiger partial charge >= 0.3 is 0 Å². The van der Waals surface area contributed by atoms with Crippen LogP contribution in [0, 0.1) is 11.6 Å². The molecule has 0 atom stereocenters. The van der Waals surface area contributed by atoms with Crippen LogP contribution in [0.1, 0.15) is 28.8 Å². The molecule has 46 heavy (non-hydrogen) atoms. The number of fused-ring (bicyclic) bond motifs is 1. The number of anilines is 5. The van der Waals surface area contributed by atoms with E-state index < -0.39 is 23.0 Å². The number of rotatable bonds is 11. The summed E-state index contributed by atoms with van der Waals surface area (Å²) < 4.78 is 46.3. The zero-order valence-electron chi connectivity index (χ0n) is 25.4. The van der Waals surface area contributed by atoms with Gasteiger partial charge in [0.25, 0.3) is 0 Å². The average Bonchev–Trinajstić information content (AvgIpc) is 3.90. The van der Waals surface area contributed by atoms with Gasteiger partial charge in [-0.1, -0.05) is 12.6 Å². The topological polar surface area (TPSA) is 114 Å². The van der Waals surface area contributed by atoms with Gasteiger partial charge < -0.3 is 35.1 Å². The molecule has 1 aromatic heterocycles. The fourth-order valence-electron chi connectivity index (χ4n) is 5.37. The van der Waals surface area contributed by atoms with Crippen molar-refractivity contribution >= 4 is 51.0 Å². The van der Waals surface area contributed by atoms with Gasteiger partial charge in [0.15, 0.2) is 23.1 Å². The Morgan fingerprint density at radius 1 is 1.00 bits per heavy atom. The van der Waals surface area contributed by atoms with Crippen LogP contribution in [0.5, 0.6) is 11.5 Å². The molecule has 1 saturated heterocycles. The lowest BCUT2D eigenvalue weighted by molar-refractivity contribution is -0.111. The smallest absolute Gasteiger partial charge is 0.247 e. The minimum atomic E-state index is -1.12. The van der Waals surface area contributed by atoms with Crippen LogP contribution in [0.25, 0.3) is 10.8 Å². The van der Waals surface area contributed by atoms with Crippen LogP contribution in [0.15, 0.2) is 61.3 Å². The highest BCUT2D eigenvalue weighted by Gasteiger charge is 2.30. The van der Waals surface area contributed by atoms with E-state index in [2.05, 4.69) is 32.4 Å². The number of methoxy groups -OCH3 is 2. The Morgan fingerprint density at radius 3 is 2.37 bits per heavy atom. The first-order chi connectivity index (χ1) is 22.3. The van der Waals surface area contributed by atoms with Gasteiger partial charge in [-0.2, -0.15) is 0 Å². The van der Waals surface area contributed by atoms with Crippen molar-refractivity contribution in [1.29, 1.82) is 0 Å². The van der Waals surface area contributed by atoms with E-state index in [1.165, 1.54) is 26.4 Å². The van der Waals surface area contributed by atoms with Crippen molar-refractivity contribution in [2.75, 3.05) is 61.4 Å². The van der Waals surface area contributed by atoms with E-state index >= 15 is 8.78 Å². The molecule has 1 aliphatic heterocycles. The minimum Gasteiger partial charge on any atom is -0.494 e. The number of ether oxygens (including phenoxy) is 3. The number of amides is 1. The third kappa shape index (κ3) is 6.16. The van der Waals surface area contributed by atoms with Crippen LogP contribution >= 0.6 is 0 Å². The Balaban J connectivity index is 1.41. The number of morpholine rings is 1. The summed E-state index contributed by atoms with van der Waals surface area (Å²) >= 11 is 0. The lowest BCUT2D eigenvalue weighted by atomic mass is 9.96. The lowest BCUT2D eigenvalue weighted by Gasteiger charge is -2.29. The first-order valence-corrected chi connectivity index (χ1v) is 14.8. The molecule has 2 aliphatic rings. The number of hydrogen-bond acceptors (Lipinski definition) is 9. The number of ketones is 1. The molecule has 1 saturated carbocycles. The normalized spacial score (nSPS) is 14.5. The molecular formula is C34H33F2N5O5. The van der Waals surface area contributed by atoms with E-state index in [0.717, 1.165) is 37.7 Å². The Morgan fingerprint density at radius 2 is 1.72 bits per heavy atom. The van der Waals surface area contributed by atoms with Crippen molar-refractivity contribution < 1.29 is 32.6 Å². The molecule has 1 aliphatic carbocycles. The van der Waals surface area contributed by atoms with E-state index in [1.54, 1.807) is 18.3 Å². The van der Waals surface area contributed by atoms with Gasteiger partial charge in [-0.15, -0.1) is 0 Å². The number of hydrogen-bond donors (Lipinski definition) is 3. The summed E-state index contributed by atoms with van der Waals surface area (Å²) in [4.78, 5) is 32.9. The third-order valence-electron chi connectivity index (χ3n) is 7.96. The monoisotopic (exact) mass is 629 g/mol. The molecule has 4 aromatic rings. The number of carbonyl (C=O) groups excluding carboxylic acids is 2. The fourth-order valence-corrected chi connectivity index (χ4v) is 5.37. The maximum absolute atomic E-state index is 15.4. The molecule has 3 N–H and O–H groups in total. The van der Waals surface area contributed by atoms with Crippen LogP contribution in [-0.2, 0) is 9.53 Å². The number of halogens is 2. The van der Waals surface area contributed by atoms with E-state index in [4.69, 9.17) is 14.2 Å². The first-order valence-electron chi connectivity index (χ1n) is 14.8. The predicted octanol–water partition coefficient (Wildman–Crippen LogP) is 6.04. The summed E-state index contributed by atoms with van der Waals surface area (Å²) in [5.74, 6) is -3.67. The fraction of sp³-hybridized carbons (Fsp3) is 0.265. The van der Waals surface area contributed by atoms with Gasteiger partial charge in [0.05, 0.1) is 44.5 Å². The number of carbonyl (C=O) groups is 2. The molecule has 6 rings (SSSR count). The lowest BCUT2D eigenvalue weighted by Crippen LogP contribution is -2.36. The van der Waals surface area contributed by atoms with Gasteiger partial charge in [-0.25, -0.2) is 13.8 Å². The van der Waals surface area contributed by atoms with Crippen molar-refractivity contribution in [1.82, 2.24) is 4.98 Å². The Hall–Kier alpha value is -5.23. The van der Waals surface area contributed by atoms with E-state index in [-0.39, 0.29) is 29.0 Å². The standard InChI is InChI=1S/C34H33F2N5O5/c1-4-29(42)40-25-15-21(41-11-13-46-14-12-41)8-10-24(25)39-28-16-23-19(18-37-28)5-9-22(33(23)38-20-6-7-20)34(43)30-31(35)26(44-2)17-27(45-3)32(30)36/h4-5,8-10,15-18,20,38H,1,6-7,11-14H2,2-3H3,(H,37,39)(H,40,42). The summed E-state index contributed by atoms with van der Waals surface area (Å²) in [6.07, 6.45) is 4.61. The zero-order valence-corrected chi connectivity index (χ0v) is 25.4. The zero-order chi connectivity index (χ0) is 32.4. The number of benzene rings is 3. The Bertz CT molecular complexity index is 1810. The summed E-state index contributed by atoms with van der Waals surface area (Å²) in [5, 5.41) is 10.9. The quantitative estimate of drug-likeness (QED) is 0.135. The molecule has 12 heteroatoms. The number of nitrogens with zero attached hydrogens (tertiary/aromatic N) is 2. The molecule has 10 nitrogen and oxygen atoms in total. The summed E-state index contributed by atoms with van der Waals surface area (Å²) in [6.45, 7) is 6.24.